The Balaban J connectivity index is 1.74. The lowest BCUT2D eigenvalue weighted by Gasteiger charge is -2.38. The molecule has 2 aliphatic rings. The van der Waals surface area contributed by atoms with E-state index in [1.54, 1.807) is 31.2 Å². The molecule has 0 radical (unpaired) electrons. The molecular formula is C23H29F3N6O4S. The van der Waals surface area contributed by atoms with Crippen molar-refractivity contribution in [2.45, 2.75) is 44.8 Å². The Morgan fingerprint density at radius 1 is 1.16 bits per heavy atom. The molecule has 1 aromatic carbocycles. The van der Waals surface area contributed by atoms with E-state index in [4.69, 9.17) is 9.72 Å². The van der Waals surface area contributed by atoms with Crippen LogP contribution in [0.1, 0.15) is 31.5 Å². The van der Waals surface area contributed by atoms with Gasteiger partial charge >= 0.3 is 21.6 Å². The second-order valence-corrected chi connectivity index (χ2v) is 10.7. The van der Waals surface area contributed by atoms with E-state index in [-0.39, 0.29) is 36.6 Å². The summed E-state index contributed by atoms with van der Waals surface area (Å²) >= 11 is 0. The number of nitrogens with one attached hydrogen (secondary N) is 2. The van der Waals surface area contributed by atoms with Crippen molar-refractivity contribution in [1.29, 1.82) is 0 Å². The first-order valence-electron chi connectivity index (χ1n) is 12.0. The van der Waals surface area contributed by atoms with Crippen LogP contribution in [0.15, 0.2) is 24.3 Å². The number of fused-ring (bicyclic) bond motifs is 1. The van der Waals surface area contributed by atoms with Gasteiger partial charge in [-0.05, 0) is 44.0 Å². The van der Waals surface area contributed by atoms with E-state index in [0.717, 1.165) is 6.42 Å². The fraction of sp³-hybridized carbons (Fsp3) is 0.522. The lowest BCUT2D eigenvalue weighted by atomic mass is 10.0. The van der Waals surface area contributed by atoms with Gasteiger partial charge in [0.05, 0.1) is 31.5 Å². The van der Waals surface area contributed by atoms with Gasteiger partial charge in [-0.25, -0.2) is 23.2 Å². The Kier molecular flexibility index (Phi) is 7.90. The Labute approximate surface area is 213 Å². The highest BCUT2D eigenvalue weighted by Gasteiger charge is 2.51. The van der Waals surface area contributed by atoms with Crippen LogP contribution in [-0.2, 0) is 27.7 Å². The number of urea groups is 1. The normalized spacial score (nSPS) is 18.8. The zero-order chi connectivity index (χ0) is 26.8. The molecule has 37 heavy (non-hydrogen) atoms. The van der Waals surface area contributed by atoms with Gasteiger partial charge in [0, 0.05) is 36.4 Å². The van der Waals surface area contributed by atoms with Crippen LogP contribution in [0.2, 0.25) is 0 Å². The molecule has 14 heteroatoms. The van der Waals surface area contributed by atoms with E-state index in [1.165, 1.54) is 0 Å². The largest absolute Gasteiger partial charge is 0.511 e. The Hall–Kier alpha value is -2.97. The van der Waals surface area contributed by atoms with Crippen molar-refractivity contribution in [1.82, 2.24) is 19.6 Å². The van der Waals surface area contributed by atoms with Gasteiger partial charge in [0.15, 0.2) is 5.82 Å². The van der Waals surface area contributed by atoms with E-state index < -0.39 is 22.1 Å². The molecule has 2 aromatic rings. The topological polar surface area (TPSA) is 117 Å². The van der Waals surface area contributed by atoms with Gasteiger partial charge in [0.25, 0.3) is 0 Å². The number of sulfonamides is 1. The molecule has 0 aliphatic carbocycles. The average Bonchev–Trinajstić information content (AvgIpc) is 2.87. The number of nitrogens with zero attached hydrogens (tertiary/aromatic N) is 4. The maximum absolute atomic E-state index is 13.3. The summed E-state index contributed by atoms with van der Waals surface area (Å²) in [5, 5.41) is 5.32. The first-order valence-corrected chi connectivity index (χ1v) is 13.4. The molecule has 0 spiro atoms. The number of rotatable bonds is 6. The van der Waals surface area contributed by atoms with Gasteiger partial charge in [-0.15, -0.1) is 0 Å². The summed E-state index contributed by atoms with van der Waals surface area (Å²) < 4.78 is 70.1. The lowest BCUT2D eigenvalue weighted by Crippen LogP contribution is -2.47. The highest BCUT2D eigenvalue weighted by atomic mass is 32.2. The van der Waals surface area contributed by atoms with Crippen LogP contribution < -0.4 is 15.5 Å². The number of morpholine rings is 1. The summed E-state index contributed by atoms with van der Waals surface area (Å²) in [5.74, 6) is 0.842. The summed E-state index contributed by atoms with van der Waals surface area (Å²) in [4.78, 5) is 23.2. The van der Waals surface area contributed by atoms with Gasteiger partial charge < -0.3 is 20.3 Å². The van der Waals surface area contributed by atoms with Crippen LogP contribution >= 0.6 is 0 Å². The minimum Gasteiger partial charge on any atom is -0.377 e. The number of alkyl halides is 3. The van der Waals surface area contributed by atoms with Crippen LogP contribution in [0.4, 0.5) is 29.5 Å². The molecular weight excluding hydrogens is 513 g/mol. The lowest BCUT2D eigenvalue weighted by molar-refractivity contribution is -0.0493. The smallest absolute Gasteiger partial charge is 0.377 e. The van der Waals surface area contributed by atoms with E-state index >= 15 is 0 Å². The van der Waals surface area contributed by atoms with Gasteiger partial charge in [0.1, 0.15) is 5.82 Å². The van der Waals surface area contributed by atoms with Crippen LogP contribution in [0, 0.1) is 0 Å². The maximum atomic E-state index is 13.3. The molecule has 1 atom stereocenters. The molecule has 1 fully saturated rings. The van der Waals surface area contributed by atoms with Crippen molar-refractivity contribution < 1.29 is 31.1 Å². The van der Waals surface area contributed by atoms with Crippen molar-refractivity contribution in [3.8, 4) is 11.4 Å². The third kappa shape index (κ3) is 5.65. The molecule has 10 nitrogen and oxygen atoms in total. The van der Waals surface area contributed by atoms with Crippen molar-refractivity contribution in [2.24, 2.45) is 0 Å². The van der Waals surface area contributed by atoms with Crippen molar-refractivity contribution in [2.75, 3.05) is 43.1 Å². The zero-order valence-electron chi connectivity index (χ0n) is 20.5. The number of amides is 2. The van der Waals surface area contributed by atoms with Crippen molar-refractivity contribution in [3.05, 3.63) is 35.5 Å². The number of benzene rings is 1. The minimum atomic E-state index is -5.50. The summed E-state index contributed by atoms with van der Waals surface area (Å²) in [7, 11) is -5.50. The third-order valence-corrected chi connectivity index (χ3v) is 7.93. The van der Waals surface area contributed by atoms with Crippen LogP contribution in [0.25, 0.3) is 11.4 Å². The molecule has 2 aliphatic heterocycles. The van der Waals surface area contributed by atoms with E-state index in [0.29, 0.717) is 53.2 Å². The Morgan fingerprint density at radius 3 is 2.54 bits per heavy atom. The summed E-state index contributed by atoms with van der Waals surface area (Å²) in [6.45, 7) is 4.96. The molecule has 0 saturated carbocycles. The molecule has 2 amide bonds. The molecule has 0 bridgehead atoms. The van der Waals surface area contributed by atoms with Gasteiger partial charge in [0.2, 0.25) is 0 Å². The van der Waals surface area contributed by atoms with Crippen LogP contribution in [-0.4, -0.2) is 73.1 Å². The molecule has 202 valence electrons. The first-order chi connectivity index (χ1) is 17.5. The molecule has 1 saturated heterocycles. The highest BCUT2D eigenvalue weighted by molar-refractivity contribution is 7.89. The molecule has 2 N–H and O–H groups in total. The van der Waals surface area contributed by atoms with Crippen LogP contribution in [0.3, 0.4) is 0 Å². The summed E-state index contributed by atoms with van der Waals surface area (Å²) in [5.41, 5.74) is -3.40. The van der Waals surface area contributed by atoms with Gasteiger partial charge in [-0.1, -0.05) is 6.92 Å². The number of ether oxygens (including phenoxy) is 1. The van der Waals surface area contributed by atoms with Crippen molar-refractivity contribution >= 4 is 27.6 Å². The first kappa shape index (κ1) is 27.1. The number of halogens is 3. The van der Waals surface area contributed by atoms with E-state index in [1.807, 2.05) is 6.92 Å². The van der Waals surface area contributed by atoms with E-state index in [2.05, 4.69) is 20.5 Å². The predicted molar refractivity (Wildman–Crippen MR) is 131 cm³/mol. The fourth-order valence-electron chi connectivity index (χ4n) is 4.42. The SMILES string of the molecule is CCNC(=O)Nc1ccc(-c2nc3c(c(N4CCOC[C@@H]4CC)n2)CCN(S(=O)(=O)C(F)(F)F)C3)cc1. The quantitative estimate of drug-likeness (QED) is 0.576. The molecule has 0 unspecified atom stereocenters. The number of aromatic nitrogens is 2. The number of anilines is 2. The standard InChI is InChI=1S/C23H29F3N6O4S/c1-3-17-14-36-12-11-32(17)21-18-9-10-31(37(34,35)23(24,25)26)13-19(18)29-20(30-21)15-5-7-16(8-6-15)28-22(33)27-4-2/h5-8,17H,3-4,9-14H2,1-2H3,(H2,27,28,33)/t17-/m0/s1. The third-order valence-electron chi connectivity index (χ3n) is 6.35. The highest BCUT2D eigenvalue weighted by Crippen LogP contribution is 2.35. The zero-order valence-corrected chi connectivity index (χ0v) is 21.3. The van der Waals surface area contributed by atoms with Crippen molar-refractivity contribution in [3.63, 3.8) is 0 Å². The summed E-state index contributed by atoms with van der Waals surface area (Å²) in [6.07, 6.45) is 0.826. The monoisotopic (exact) mass is 542 g/mol. The van der Waals surface area contributed by atoms with Gasteiger partial charge in [-0.3, -0.25) is 0 Å². The summed E-state index contributed by atoms with van der Waals surface area (Å²) in [6, 6.07) is 6.37. The fourth-order valence-corrected chi connectivity index (χ4v) is 5.33. The second-order valence-electron chi connectivity index (χ2n) is 8.72. The molecule has 3 heterocycles. The Bertz CT molecular complexity index is 1240. The average molecular weight is 543 g/mol. The number of carbonyl (C=O) groups excluding carboxylic acids is 1. The predicted octanol–water partition coefficient (Wildman–Crippen LogP) is 3.11. The molecule has 1 aromatic heterocycles. The Morgan fingerprint density at radius 2 is 1.89 bits per heavy atom. The number of hydrogen-bond acceptors (Lipinski definition) is 7. The number of carbonyl (C=O) groups is 1. The second kappa shape index (κ2) is 10.8. The van der Waals surface area contributed by atoms with E-state index in [9.17, 15) is 26.4 Å². The maximum Gasteiger partial charge on any atom is 0.511 e. The molecule has 4 rings (SSSR count). The number of hydrogen-bond donors (Lipinski definition) is 2. The minimum absolute atomic E-state index is 0.0150. The van der Waals surface area contributed by atoms with Gasteiger partial charge in [-0.2, -0.15) is 17.5 Å². The van der Waals surface area contributed by atoms with Crippen LogP contribution in [0.5, 0.6) is 0 Å².